The van der Waals surface area contributed by atoms with Gasteiger partial charge in [0.1, 0.15) is 5.65 Å². The van der Waals surface area contributed by atoms with Crippen molar-refractivity contribution in [2.45, 2.75) is 0 Å². The van der Waals surface area contributed by atoms with Gasteiger partial charge in [-0.25, -0.2) is 9.78 Å². The molecule has 146 valence electrons. The highest BCUT2D eigenvalue weighted by molar-refractivity contribution is 6.33. The van der Waals surface area contributed by atoms with E-state index in [1.165, 1.54) is 30.9 Å². The topological polar surface area (TPSA) is 128 Å². The molecule has 11 heteroatoms. The number of aromatic amines is 1. The molecule has 0 atom stereocenters. The summed E-state index contributed by atoms with van der Waals surface area (Å²) in [6.45, 7) is 0. The van der Waals surface area contributed by atoms with Crippen LogP contribution in [0.1, 0.15) is 10.4 Å². The Morgan fingerprint density at radius 2 is 1.93 bits per heavy atom. The van der Waals surface area contributed by atoms with Crippen LogP contribution in [-0.2, 0) is 14.1 Å². The second-order valence-electron chi connectivity index (χ2n) is 6.24. The van der Waals surface area contributed by atoms with Crippen molar-refractivity contribution in [2.24, 2.45) is 14.1 Å². The van der Waals surface area contributed by atoms with Crippen LogP contribution in [0.15, 0.2) is 46.1 Å². The maximum atomic E-state index is 12.6. The van der Waals surface area contributed by atoms with Crippen molar-refractivity contribution in [3.8, 4) is 11.4 Å². The predicted octanol–water partition coefficient (Wildman–Crippen LogP) is 1.32. The summed E-state index contributed by atoms with van der Waals surface area (Å²) in [5.41, 5.74) is -0.0889. The van der Waals surface area contributed by atoms with Crippen molar-refractivity contribution in [2.75, 3.05) is 5.32 Å². The zero-order valence-electron chi connectivity index (χ0n) is 15.3. The van der Waals surface area contributed by atoms with Crippen LogP contribution in [0, 0.1) is 0 Å². The first kappa shape index (κ1) is 18.6. The molecule has 0 saturated carbocycles. The predicted molar refractivity (Wildman–Crippen MR) is 107 cm³/mol. The molecule has 10 nitrogen and oxygen atoms in total. The lowest BCUT2D eigenvalue weighted by Gasteiger charge is -2.07. The molecule has 1 aromatic carbocycles. The van der Waals surface area contributed by atoms with E-state index in [0.29, 0.717) is 16.4 Å². The molecule has 0 bridgehead atoms. The number of aromatic nitrogens is 6. The highest BCUT2D eigenvalue weighted by atomic mass is 35.5. The van der Waals surface area contributed by atoms with E-state index >= 15 is 0 Å². The number of hydrogen-bond acceptors (Lipinski definition) is 6. The number of fused-ring (bicyclic) bond motifs is 1. The first-order chi connectivity index (χ1) is 13.9. The summed E-state index contributed by atoms with van der Waals surface area (Å²) in [6, 6.07) is 8.45. The van der Waals surface area contributed by atoms with Gasteiger partial charge in [0.25, 0.3) is 11.5 Å². The molecular formula is C18H14ClN7O3. The van der Waals surface area contributed by atoms with Gasteiger partial charge in [-0.3, -0.25) is 29.1 Å². The largest absolute Gasteiger partial charge is 0.332 e. The van der Waals surface area contributed by atoms with Gasteiger partial charge >= 0.3 is 5.69 Å². The molecule has 3 aromatic heterocycles. The van der Waals surface area contributed by atoms with Gasteiger partial charge in [-0.1, -0.05) is 23.7 Å². The van der Waals surface area contributed by atoms with Crippen LogP contribution in [0.3, 0.4) is 0 Å². The summed E-state index contributed by atoms with van der Waals surface area (Å²) in [5.74, 6) is -0.121. The minimum atomic E-state index is -0.556. The smallest absolute Gasteiger partial charge is 0.289 e. The van der Waals surface area contributed by atoms with Crippen molar-refractivity contribution < 1.29 is 4.79 Å². The molecule has 0 unspecified atom stereocenters. The Balaban J connectivity index is 1.66. The monoisotopic (exact) mass is 411 g/mol. The number of amides is 1. The Labute approximate surface area is 167 Å². The number of hydrogen-bond donors (Lipinski definition) is 2. The van der Waals surface area contributed by atoms with Crippen molar-refractivity contribution in [1.82, 2.24) is 29.3 Å². The third-order valence-corrected chi connectivity index (χ3v) is 4.72. The van der Waals surface area contributed by atoms with Gasteiger partial charge in [0.15, 0.2) is 5.82 Å². The van der Waals surface area contributed by atoms with Gasteiger partial charge < -0.3 is 0 Å². The molecular weight excluding hydrogens is 398 g/mol. The Morgan fingerprint density at radius 3 is 2.69 bits per heavy atom. The van der Waals surface area contributed by atoms with Crippen LogP contribution in [0.2, 0.25) is 5.02 Å². The van der Waals surface area contributed by atoms with E-state index in [0.717, 1.165) is 4.57 Å². The van der Waals surface area contributed by atoms with Crippen LogP contribution in [-0.4, -0.2) is 35.2 Å². The van der Waals surface area contributed by atoms with Crippen LogP contribution in [0.25, 0.3) is 22.4 Å². The average molecular weight is 412 g/mol. The fourth-order valence-corrected chi connectivity index (χ4v) is 3.08. The standard InChI is InChI=1S/C18H14ClN7O3/c1-25-14-11(16(28)26(2)18(25)29)7-9(8-20-14)15(27)22-17-21-13(23-24-17)10-5-3-4-6-12(10)19/h3-8H,1-2H3,(H2,21,22,23,24,27). The van der Waals surface area contributed by atoms with Gasteiger partial charge in [-0.15, -0.1) is 5.10 Å². The van der Waals surface area contributed by atoms with Gasteiger partial charge in [-0.2, -0.15) is 4.98 Å². The molecule has 0 saturated heterocycles. The van der Waals surface area contributed by atoms with E-state index in [2.05, 4.69) is 25.5 Å². The highest BCUT2D eigenvalue weighted by Crippen LogP contribution is 2.25. The van der Waals surface area contributed by atoms with Crippen molar-refractivity contribution in [3.63, 3.8) is 0 Å². The molecule has 2 N–H and O–H groups in total. The number of rotatable bonds is 3. The molecule has 0 radical (unpaired) electrons. The number of H-pyrrole nitrogens is 1. The minimum absolute atomic E-state index is 0.0402. The molecule has 3 heterocycles. The molecule has 4 rings (SSSR count). The molecule has 0 spiro atoms. The van der Waals surface area contributed by atoms with E-state index < -0.39 is 17.2 Å². The SMILES string of the molecule is Cn1c(=O)c2cc(C(=O)Nc3n[nH]c(-c4ccccc4Cl)n3)cnc2n(C)c1=O. The van der Waals surface area contributed by atoms with Gasteiger partial charge in [0.2, 0.25) is 5.95 Å². The number of carbonyl (C=O) groups is 1. The summed E-state index contributed by atoms with van der Waals surface area (Å²) in [4.78, 5) is 45.2. The quantitative estimate of drug-likeness (QED) is 0.523. The van der Waals surface area contributed by atoms with E-state index in [4.69, 9.17) is 11.6 Å². The summed E-state index contributed by atoms with van der Waals surface area (Å²) < 4.78 is 2.19. The van der Waals surface area contributed by atoms with E-state index in [-0.39, 0.29) is 22.5 Å². The first-order valence-electron chi connectivity index (χ1n) is 8.41. The summed E-state index contributed by atoms with van der Waals surface area (Å²) >= 11 is 6.14. The molecule has 0 aliphatic heterocycles. The third-order valence-electron chi connectivity index (χ3n) is 4.40. The van der Waals surface area contributed by atoms with E-state index in [1.54, 1.807) is 24.3 Å². The number of nitrogens with one attached hydrogen (secondary N) is 2. The fourth-order valence-electron chi connectivity index (χ4n) is 2.85. The fraction of sp³-hybridized carbons (Fsp3) is 0.111. The molecule has 0 fully saturated rings. The van der Waals surface area contributed by atoms with Crippen LogP contribution in [0.4, 0.5) is 5.95 Å². The average Bonchev–Trinajstić information content (AvgIpc) is 3.18. The van der Waals surface area contributed by atoms with Crippen LogP contribution in [0.5, 0.6) is 0 Å². The van der Waals surface area contributed by atoms with Crippen LogP contribution >= 0.6 is 11.6 Å². The Morgan fingerprint density at radius 1 is 1.17 bits per heavy atom. The highest BCUT2D eigenvalue weighted by Gasteiger charge is 2.16. The second-order valence-corrected chi connectivity index (χ2v) is 6.65. The zero-order chi connectivity index (χ0) is 20.7. The Kier molecular flexibility index (Phi) is 4.47. The number of anilines is 1. The number of pyridine rings is 1. The van der Waals surface area contributed by atoms with Crippen molar-refractivity contribution in [1.29, 1.82) is 0 Å². The molecule has 1 amide bonds. The van der Waals surface area contributed by atoms with Crippen molar-refractivity contribution in [3.05, 3.63) is 68.0 Å². The third kappa shape index (κ3) is 3.19. The van der Waals surface area contributed by atoms with Gasteiger partial charge in [-0.05, 0) is 18.2 Å². The molecule has 29 heavy (non-hydrogen) atoms. The Bertz CT molecular complexity index is 1390. The molecule has 4 aromatic rings. The maximum Gasteiger partial charge on any atom is 0.332 e. The normalized spacial score (nSPS) is 11.0. The van der Waals surface area contributed by atoms with Crippen molar-refractivity contribution >= 4 is 34.5 Å². The molecule has 0 aliphatic carbocycles. The summed E-state index contributed by atoms with van der Waals surface area (Å²) in [6.07, 6.45) is 1.28. The van der Waals surface area contributed by atoms with Gasteiger partial charge in [0.05, 0.1) is 16.0 Å². The minimum Gasteiger partial charge on any atom is -0.289 e. The molecule has 0 aliphatic rings. The second kappa shape index (κ2) is 6.99. The number of benzene rings is 1. The zero-order valence-corrected chi connectivity index (χ0v) is 16.1. The number of aryl methyl sites for hydroxylation is 1. The number of halogens is 1. The van der Waals surface area contributed by atoms with E-state index in [9.17, 15) is 14.4 Å². The van der Waals surface area contributed by atoms with E-state index in [1.807, 2.05) is 0 Å². The van der Waals surface area contributed by atoms with Gasteiger partial charge in [0, 0.05) is 25.9 Å². The lowest BCUT2D eigenvalue weighted by Crippen LogP contribution is -2.37. The maximum absolute atomic E-state index is 12.6. The van der Waals surface area contributed by atoms with Crippen LogP contribution < -0.4 is 16.6 Å². The number of carbonyl (C=O) groups excluding carboxylic acids is 1. The number of nitrogens with zero attached hydrogens (tertiary/aromatic N) is 5. The first-order valence-corrected chi connectivity index (χ1v) is 8.79. The summed E-state index contributed by atoms with van der Waals surface area (Å²) in [5, 5.41) is 9.85. The Hall–Kier alpha value is -3.79. The lowest BCUT2D eigenvalue weighted by molar-refractivity contribution is 0.102. The lowest BCUT2D eigenvalue weighted by atomic mass is 10.2. The summed E-state index contributed by atoms with van der Waals surface area (Å²) in [7, 11) is 2.86.